The van der Waals surface area contributed by atoms with Crippen LogP contribution in [0.1, 0.15) is 17.3 Å². The van der Waals surface area contributed by atoms with E-state index < -0.39 is 6.04 Å². The highest BCUT2D eigenvalue weighted by molar-refractivity contribution is 5.97. The lowest BCUT2D eigenvalue weighted by atomic mass is 10.2. The third-order valence-corrected chi connectivity index (χ3v) is 2.19. The Kier molecular flexibility index (Phi) is 4.05. The Hall–Kier alpha value is -1.84. The summed E-state index contributed by atoms with van der Waals surface area (Å²) in [5, 5.41) is 2.65. The van der Waals surface area contributed by atoms with Gasteiger partial charge >= 0.3 is 0 Å². The topological polar surface area (TPSA) is 49.4 Å². The molecule has 0 saturated carbocycles. The van der Waals surface area contributed by atoms with E-state index in [1.807, 2.05) is 6.07 Å². The van der Waals surface area contributed by atoms with Crippen LogP contribution in [0.4, 0.5) is 0 Å². The van der Waals surface area contributed by atoms with Crippen molar-refractivity contribution in [2.75, 3.05) is 14.1 Å². The number of likely N-dealkylation sites (N-methyl/N-ethyl adjacent to an activating group) is 1. The average Bonchev–Trinajstić information content (AvgIpc) is 2.28. The van der Waals surface area contributed by atoms with Gasteiger partial charge in [-0.15, -0.1) is 0 Å². The first-order valence-electron chi connectivity index (χ1n) is 5.09. The second kappa shape index (κ2) is 5.30. The van der Waals surface area contributed by atoms with Crippen molar-refractivity contribution in [1.82, 2.24) is 10.2 Å². The quantitative estimate of drug-likeness (QED) is 0.822. The zero-order valence-electron chi connectivity index (χ0n) is 9.73. The molecule has 0 bridgehead atoms. The number of nitrogens with one attached hydrogen (secondary N) is 1. The number of benzene rings is 1. The maximum absolute atomic E-state index is 11.7. The van der Waals surface area contributed by atoms with Crippen LogP contribution in [-0.4, -0.2) is 36.9 Å². The standard InChI is InChI=1S/C12H16N2O2/c1-9(12(16)14(2)3)13-11(15)10-7-5-4-6-8-10/h4-9H,1-3H3,(H,13,15)/t9-/m0/s1. The van der Waals surface area contributed by atoms with Crippen LogP contribution in [0.3, 0.4) is 0 Å². The number of amides is 2. The molecule has 0 aliphatic carbocycles. The molecule has 0 spiro atoms. The Labute approximate surface area is 95.3 Å². The molecule has 86 valence electrons. The Morgan fingerprint density at radius 2 is 1.75 bits per heavy atom. The molecule has 1 rings (SSSR count). The molecular weight excluding hydrogens is 204 g/mol. The molecule has 0 unspecified atom stereocenters. The normalized spacial score (nSPS) is 11.7. The SMILES string of the molecule is C[C@H](NC(=O)c1ccccc1)C(=O)N(C)C. The van der Waals surface area contributed by atoms with Gasteiger partial charge in [0.2, 0.25) is 5.91 Å². The Bertz CT molecular complexity index is 374. The summed E-state index contributed by atoms with van der Waals surface area (Å²) >= 11 is 0. The molecule has 4 nitrogen and oxygen atoms in total. The van der Waals surface area contributed by atoms with Gasteiger partial charge in [0.05, 0.1) is 0 Å². The lowest BCUT2D eigenvalue weighted by Crippen LogP contribution is -2.44. The third kappa shape index (κ3) is 3.08. The minimum absolute atomic E-state index is 0.121. The average molecular weight is 220 g/mol. The van der Waals surface area contributed by atoms with Crippen LogP contribution in [0.5, 0.6) is 0 Å². The predicted molar refractivity (Wildman–Crippen MR) is 62.1 cm³/mol. The van der Waals surface area contributed by atoms with Gasteiger partial charge in [0.15, 0.2) is 0 Å². The summed E-state index contributed by atoms with van der Waals surface area (Å²) < 4.78 is 0. The summed E-state index contributed by atoms with van der Waals surface area (Å²) in [4.78, 5) is 24.7. The lowest BCUT2D eigenvalue weighted by molar-refractivity contribution is -0.130. The molecule has 16 heavy (non-hydrogen) atoms. The van der Waals surface area contributed by atoms with E-state index in [4.69, 9.17) is 0 Å². The van der Waals surface area contributed by atoms with E-state index in [1.165, 1.54) is 4.90 Å². The second-order valence-electron chi connectivity index (χ2n) is 3.79. The fourth-order valence-corrected chi connectivity index (χ4v) is 1.32. The first kappa shape index (κ1) is 12.2. The molecule has 4 heteroatoms. The molecule has 0 aliphatic rings. The summed E-state index contributed by atoms with van der Waals surface area (Å²) in [7, 11) is 3.32. The van der Waals surface area contributed by atoms with Crippen LogP contribution in [0, 0.1) is 0 Å². The van der Waals surface area contributed by atoms with Crippen LogP contribution in [0.15, 0.2) is 30.3 Å². The van der Waals surface area contributed by atoms with Crippen molar-refractivity contribution in [3.8, 4) is 0 Å². The van der Waals surface area contributed by atoms with Crippen LogP contribution in [0.2, 0.25) is 0 Å². The van der Waals surface area contributed by atoms with Gasteiger partial charge in [-0.05, 0) is 19.1 Å². The zero-order valence-corrected chi connectivity index (χ0v) is 9.73. The molecule has 0 radical (unpaired) electrons. The highest BCUT2D eigenvalue weighted by atomic mass is 16.2. The van der Waals surface area contributed by atoms with Crippen LogP contribution >= 0.6 is 0 Å². The lowest BCUT2D eigenvalue weighted by Gasteiger charge is -2.17. The van der Waals surface area contributed by atoms with E-state index in [2.05, 4.69) is 5.32 Å². The van der Waals surface area contributed by atoms with Gasteiger partial charge in [0, 0.05) is 19.7 Å². The van der Waals surface area contributed by atoms with Crippen molar-refractivity contribution >= 4 is 11.8 Å². The van der Waals surface area contributed by atoms with E-state index in [-0.39, 0.29) is 11.8 Å². The minimum Gasteiger partial charge on any atom is -0.347 e. The van der Waals surface area contributed by atoms with Crippen LogP contribution in [-0.2, 0) is 4.79 Å². The smallest absolute Gasteiger partial charge is 0.251 e. The number of hydrogen-bond donors (Lipinski definition) is 1. The molecular formula is C12H16N2O2. The number of nitrogens with zero attached hydrogens (tertiary/aromatic N) is 1. The highest BCUT2D eigenvalue weighted by Gasteiger charge is 2.17. The summed E-state index contributed by atoms with van der Waals surface area (Å²) in [6, 6.07) is 8.32. The fourth-order valence-electron chi connectivity index (χ4n) is 1.32. The largest absolute Gasteiger partial charge is 0.347 e. The van der Waals surface area contributed by atoms with Gasteiger partial charge in [-0.25, -0.2) is 0 Å². The number of carbonyl (C=O) groups excluding carboxylic acids is 2. The summed E-state index contributed by atoms with van der Waals surface area (Å²) in [5.41, 5.74) is 0.556. The van der Waals surface area contributed by atoms with E-state index in [9.17, 15) is 9.59 Å². The molecule has 0 aromatic heterocycles. The molecule has 1 atom stereocenters. The van der Waals surface area contributed by atoms with Gasteiger partial charge in [-0.2, -0.15) is 0 Å². The van der Waals surface area contributed by atoms with Crippen molar-refractivity contribution in [3.63, 3.8) is 0 Å². The van der Waals surface area contributed by atoms with E-state index >= 15 is 0 Å². The summed E-state index contributed by atoms with van der Waals surface area (Å²) in [5.74, 6) is -0.354. The zero-order chi connectivity index (χ0) is 12.1. The predicted octanol–water partition coefficient (Wildman–Crippen LogP) is 0.893. The van der Waals surface area contributed by atoms with Crippen molar-refractivity contribution in [2.24, 2.45) is 0 Å². The molecule has 1 aromatic carbocycles. The highest BCUT2D eigenvalue weighted by Crippen LogP contribution is 1.99. The molecule has 1 N–H and O–H groups in total. The van der Waals surface area contributed by atoms with Crippen molar-refractivity contribution < 1.29 is 9.59 Å². The van der Waals surface area contributed by atoms with Crippen molar-refractivity contribution in [3.05, 3.63) is 35.9 Å². The second-order valence-corrected chi connectivity index (χ2v) is 3.79. The minimum atomic E-state index is -0.511. The monoisotopic (exact) mass is 220 g/mol. The first-order chi connectivity index (χ1) is 7.52. The number of rotatable bonds is 3. The summed E-state index contributed by atoms with van der Waals surface area (Å²) in [6.45, 7) is 1.67. The van der Waals surface area contributed by atoms with E-state index in [0.29, 0.717) is 5.56 Å². The van der Waals surface area contributed by atoms with Gasteiger partial charge in [-0.1, -0.05) is 18.2 Å². The van der Waals surface area contributed by atoms with Gasteiger partial charge < -0.3 is 10.2 Å². The Balaban J connectivity index is 2.62. The molecule has 0 aliphatic heterocycles. The molecule has 0 saturated heterocycles. The number of carbonyl (C=O) groups is 2. The molecule has 0 heterocycles. The van der Waals surface area contributed by atoms with E-state index in [1.54, 1.807) is 45.3 Å². The maximum Gasteiger partial charge on any atom is 0.251 e. The Morgan fingerprint density at radius 1 is 1.19 bits per heavy atom. The molecule has 0 fully saturated rings. The fraction of sp³-hybridized carbons (Fsp3) is 0.333. The van der Waals surface area contributed by atoms with Crippen molar-refractivity contribution in [2.45, 2.75) is 13.0 Å². The van der Waals surface area contributed by atoms with Gasteiger partial charge in [0.25, 0.3) is 5.91 Å². The Morgan fingerprint density at radius 3 is 2.25 bits per heavy atom. The first-order valence-corrected chi connectivity index (χ1v) is 5.09. The van der Waals surface area contributed by atoms with Crippen molar-refractivity contribution in [1.29, 1.82) is 0 Å². The summed E-state index contributed by atoms with van der Waals surface area (Å²) in [6.07, 6.45) is 0. The number of hydrogen-bond acceptors (Lipinski definition) is 2. The molecule has 2 amide bonds. The van der Waals surface area contributed by atoms with Crippen LogP contribution < -0.4 is 5.32 Å². The van der Waals surface area contributed by atoms with Crippen LogP contribution in [0.25, 0.3) is 0 Å². The van der Waals surface area contributed by atoms with Gasteiger partial charge in [-0.3, -0.25) is 9.59 Å². The van der Waals surface area contributed by atoms with Gasteiger partial charge in [0.1, 0.15) is 6.04 Å². The third-order valence-electron chi connectivity index (χ3n) is 2.19. The maximum atomic E-state index is 11.7. The van der Waals surface area contributed by atoms with E-state index in [0.717, 1.165) is 0 Å². The molecule has 1 aromatic rings.